The fraction of sp³-hybridized carbons (Fsp3) is 0.238. The van der Waals surface area contributed by atoms with E-state index >= 15 is 0 Å². The first-order valence-electron chi connectivity index (χ1n) is 9.05. The van der Waals surface area contributed by atoms with E-state index in [1.54, 1.807) is 30.5 Å². The van der Waals surface area contributed by atoms with E-state index in [2.05, 4.69) is 14.9 Å². The number of morpholine rings is 1. The molecule has 0 radical (unpaired) electrons. The molecule has 6 nitrogen and oxygen atoms in total. The molecule has 28 heavy (non-hydrogen) atoms. The van der Waals surface area contributed by atoms with Crippen LogP contribution in [0, 0.1) is 5.82 Å². The van der Waals surface area contributed by atoms with E-state index in [9.17, 15) is 9.18 Å². The van der Waals surface area contributed by atoms with Gasteiger partial charge in [0.1, 0.15) is 11.6 Å². The lowest BCUT2D eigenvalue weighted by Crippen LogP contribution is -2.39. The number of halogens is 1. The van der Waals surface area contributed by atoms with Crippen LogP contribution in [0.15, 0.2) is 54.7 Å². The Hall–Kier alpha value is -3.03. The minimum atomic E-state index is -0.931. The molecule has 1 aromatic heterocycles. The van der Waals surface area contributed by atoms with E-state index in [1.165, 1.54) is 12.1 Å². The maximum Gasteiger partial charge on any atom is 0.335 e. The molecule has 0 spiro atoms. The van der Waals surface area contributed by atoms with Gasteiger partial charge < -0.3 is 14.8 Å². The molecule has 1 aliphatic heterocycles. The van der Waals surface area contributed by atoms with Gasteiger partial charge >= 0.3 is 5.97 Å². The molecule has 2 heterocycles. The van der Waals surface area contributed by atoms with Gasteiger partial charge in [-0.2, -0.15) is 0 Å². The van der Waals surface area contributed by atoms with Crippen molar-refractivity contribution in [2.24, 2.45) is 0 Å². The smallest absolute Gasteiger partial charge is 0.335 e. The van der Waals surface area contributed by atoms with E-state index < -0.39 is 5.97 Å². The van der Waals surface area contributed by atoms with Gasteiger partial charge in [-0.15, -0.1) is 0 Å². The Morgan fingerprint density at radius 3 is 2.68 bits per heavy atom. The number of nitrogens with zero attached hydrogens (tertiary/aromatic N) is 2. The van der Waals surface area contributed by atoms with Crippen molar-refractivity contribution in [1.82, 2.24) is 14.9 Å². The highest BCUT2D eigenvalue weighted by atomic mass is 19.1. The van der Waals surface area contributed by atoms with Gasteiger partial charge in [0, 0.05) is 13.1 Å². The lowest BCUT2D eigenvalue weighted by atomic mass is 10.1. The van der Waals surface area contributed by atoms with Crippen LogP contribution in [0.1, 0.15) is 27.8 Å². The quantitative estimate of drug-likeness (QED) is 0.707. The van der Waals surface area contributed by atoms with Gasteiger partial charge in [-0.1, -0.05) is 12.1 Å². The second kappa shape index (κ2) is 7.92. The van der Waals surface area contributed by atoms with Crippen molar-refractivity contribution < 1.29 is 19.0 Å². The lowest BCUT2D eigenvalue weighted by molar-refractivity contribution is -0.0156. The Labute approximate surface area is 161 Å². The standard InChI is InChI=1S/C21H20FN3O3/c22-17-7-5-15(6-8-17)18-11-23-20(24-18)19-13-28-10-9-25(19)12-14-1-3-16(4-2-14)21(26)27/h1-8,11,19H,9-10,12-13H2,(H,23,24)(H,26,27)/t19-/m0/s1. The predicted molar refractivity (Wildman–Crippen MR) is 101 cm³/mol. The molecule has 0 unspecified atom stereocenters. The van der Waals surface area contributed by atoms with Gasteiger partial charge in [-0.05, 0) is 47.5 Å². The Balaban J connectivity index is 1.52. The SMILES string of the molecule is O=C(O)c1ccc(CN2CCOC[C@H]2c2ncc(-c3ccc(F)cc3)[nH]2)cc1. The Morgan fingerprint density at radius 2 is 1.96 bits per heavy atom. The van der Waals surface area contributed by atoms with Crippen LogP contribution in [0.5, 0.6) is 0 Å². The average molecular weight is 381 g/mol. The number of carbonyl (C=O) groups is 1. The van der Waals surface area contributed by atoms with Crippen LogP contribution < -0.4 is 0 Å². The second-order valence-electron chi connectivity index (χ2n) is 6.75. The molecule has 7 heteroatoms. The molecule has 2 aromatic carbocycles. The van der Waals surface area contributed by atoms with Crippen molar-refractivity contribution in [2.45, 2.75) is 12.6 Å². The fourth-order valence-corrected chi connectivity index (χ4v) is 3.35. The number of hydrogen-bond acceptors (Lipinski definition) is 4. The van der Waals surface area contributed by atoms with Gasteiger partial charge in [0.05, 0.1) is 36.7 Å². The van der Waals surface area contributed by atoms with Crippen LogP contribution in [-0.4, -0.2) is 45.7 Å². The normalized spacial score (nSPS) is 17.5. The summed E-state index contributed by atoms with van der Waals surface area (Å²) in [6.45, 7) is 2.57. The highest BCUT2D eigenvalue weighted by Crippen LogP contribution is 2.26. The van der Waals surface area contributed by atoms with Gasteiger partial charge in [0.15, 0.2) is 0 Å². The zero-order chi connectivity index (χ0) is 19.5. The third-order valence-corrected chi connectivity index (χ3v) is 4.89. The van der Waals surface area contributed by atoms with Crippen molar-refractivity contribution in [3.8, 4) is 11.3 Å². The molecule has 4 rings (SSSR count). The van der Waals surface area contributed by atoms with Crippen LogP contribution in [-0.2, 0) is 11.3 Å². The molecule has 1 aliphatic rings. The first-order chi connectivity index (χ1) is 13.6. The second-order valence-corrected chi connectivity index (χ2v) is 6.75. The number of aromatic nitrogens is 2. The van der Waals surface area contributed by atoms with E-state index in [1.807, 2.05) is 12.1 Å². The number of benzene rings is 2. The summed E-state index contributed by atoms with van der Waals surface area (Å²) >= 11 is 0. The summed E-state index contributed by atoms with van der Waals surface area (Å²) < 4.78 is 18.8. The topological polar surface area (TPSA) is 78.4 Å². The van der Waals surface area contributed by atoms with Gasteiger partial charge in [0.2, 0.25) is 0 Å². The molecule has 144 valence electrons. The van der Waals surface area contributed by atoms with Crippen molar-refractivity contribution in [1.29, 1.82) is 0 Å². The summed E-state index contributed by atoms with van der Waals surface area (Å²) in [5.74, 6) is -0.412. The number of H-pyrrole nitrogens is 1. The summed E-state index contributed by atoms with van der Waals surface area (Å²) in [5.41, 5.74) is 3.00. The third-order valence-electron chi connectivity index (χ3n) is 4.89. The molecular weight excluding hydrogens is 361 g/mol. The lowest BCUT2D eigenvalue weighted by Gasteiger charge is -2.34. The summed E-state index contributed by atoms with van der Waals surface area (Å²) in [6, 6.07) is 13.1. The highest BCUT2D eigenvalue weighted by molar-refractivity contribution is 5.87. The zero-order valence-electron chi connectivity index (χ0n) is 15.1. The van der Waals surface area contributed by atoms with Crippen LogP contribution in [0.25, 0.3) is 11.3 Å². The summed E-state index contributed by atoms with van der Waals surface area (Å²) in [5, 5.41) is 9.04. The van der Waals surface area contributed by atoms with E-state index in [0.717, 1.165) is 29.2 Å². The van der Waals surface area contributed by atoms with Crippen LogP contribution in [0.2, 0.25) is 0 Å². The van der Waals surface area contributed by atoms with E-state index in [0.29, 0.717) is 19.8 Å². The van der Waals surface area contributed by atoms with Crippen molar-refractivity contribution in [3.05, 3.63) is 77.5 Å². The number of aromatic carboxylic acids is 1. The molecule has 0 amide bonds. The minimum Gasteiger partial charge on any atom is -0.478 e. The largest absolute Gasteiger partial charge is 0.478 e. The molecule has 1 saturated heterocycles. The first-order valence-corrected chi connectivity index (χ1v) is 9.05. The molecular formula is C21H20FN3O3. The summed E-state index contributed by atoms with van der Waals surface area (Å²) in [4.78, 5) is 21.1. The monoisotopic (exact) mass is 381 g/mol. The molecule has 0 aliphatic carbocycles. The van der Waals surface area contributed by atoms with Gasteiger partial charge in [-0.3, -0.25) is 4.90 Å². The summed E-state index contributed by atoms with van der Waals surface area (Å²) in [6.07, 6.45) is 1.75. The minimum absolute atomic E-state index is 0.0397. The van der Waals surface area contributed by atoms with Crippen LogP contribution in [0.4, 0.5) is 4.39 Å². The average Bonchev–Trinajstić information content (AvgIpc) is 3.19. The Kier molecular flexibility index (Phi) is 5.18. The molecule has 1 atom stereocenters. The fourth-order valence-electron chi connectivity index (χ4n) is 3.35. The molecule has 2 N–H and O–H groups in total. The number of carboxylic acids is 1. The molecule has 0 bridgehead atoms. The maximum absolute atomic E-state index is 13.1. The third kappa shape index (κ3) is 3.95. The zero-order valence-corrected chi connectivity index (χ0v) is 15.1. The number of aromatic amines is 1. The number of imidazole rings is 1. The highest BCUT2D eigenvalue weighted by Gasteiger charge is 2.27. The number of carboxylic acid groups (broad SMARTS) is 1. The number of ether oxygens (including phenoxy) is 1. The molecule has 3 aromatic rings. The van der Waals surface area contributed by atoms with Gasteiger partial charge in [0.25, 0.3) is 0 Å². The van der Waals surface area contributed by atoms with Crippen molar-refractivity contribution in [3.63, 3.8) is 0 Å². The Morgan fingerprint density at radius 1 is 1.21 bits per heavy atom. The van der Waals surface area contributed by atoms with Crippen molar-refractivity contribution in [2.75, 3.05) is 19.8 Å². The Bertz CT molecular complexity index is 954. The first kappa shape index (κ1) is 18.3. The van der Waals surface area contributed by atoms with E-state index in [-0.39, 0.29) is 17.4 Å². The summed E-state index contributed by atoms with van der Waals surface area (Å²) in [7, 11) is 0. The molecule has 0 saturated carbocycles. The maximum atomic E-state index is 13.1. The number of hydrogen-bond donors (Lipinski definition) is 2. The number of nitrogens with one attached hydrogen (secondary N) is 1. The van der Waals surface area contributed by atoms with E-state index in [4.69, 9.17) is 9.84 Å². The van der Waals surface area contributed by atoms with Crippen LogP contribution in [0.3, 0.4) is 0 Å². The van der Waals surface area contributed by atoms with Gasteiger partial charge in [-0.25, -0.2) is 14.2 Å². The predicted octanol–water partition coefficient (Wildman–Crippen LogP) is 3.49. The number of rotatable bonds is 5. The molecule has 1 fully saturated rings. The van der Waals surface area contributed by atoms with Crippen molar-refractivity contribution >= 4 is 5.97 Å². The van der Waals surface area contributed by atoms with Crippen LogP contribution >= 0.6 is 0 Å².